The second-order valence-corrected chi connectivity index (χ2v) is 5.73. The number of hydrogen-bond acceptors (Lipinski definition) is 1. The van der Waals surface area contributed by atoms with Gasteiger partial charge in [0.1, 0.15) is 5.83 Å². The van der Waals surface area contributed by atoms with Crippen molar-refractivity contribution < 1.29 is 17.6 Å². The van der Waals surface area contributed by atoms with Crippen LogP contribution in [0, 0.1) is 6.92 Å². The minimum absolute atomic E-state index is 0.103. The highest BCUT2D eigenvalue weighted by Crippen LogP contribution is 2.30. The molecular formula is C20H17F4NO. The molecule has 1 aromatic heterocycles. The summed E-state index contributed by atoms with van der Waals surface area (Å²) < 4.78 is 53.1. The van der Waals surface area contributed by atoms with Gasteiger partial charge in [-0.3, -0.25) is 9.36 Å². The number of alkyl halides is 3. The van der Waals surface area contributed by atoms with E-state index in [4.69, 9.17) is 0 Å². The van der Waals surface area contributed by atoms with Gasteiger partial charge in [-0.25, -0.2) is 4.39 Å². The Morgan fingerprint density at radius 1 is 1.19 bits per heavy atom. The number of aryl methyl sites for hydroxylation is 1. The van der Waals surface area contributed by atoms with Crippen LogP contribution < -0.4 is 5.56 Å². The van der Waals surface area contributed by atoms with E-state index in [1.165, 1.54) is 36.5 Å². The number of benzene rings is 1. The van der Waals surface area contributed by atoms with Gasteiger partial charge in [0.15, 0.2) is 0 Å². The normalized spacial score (nSPS) is 13.0. The molecule has 2 rings (SSSR count). The van der Waals surface area contributed by atoms with Gasteiger partial charge in [-0.15, -0.1) is 0 Å². The fourth-order valence-corrected chi connectivity index (χ4v) is 2.44. The van der Waals surface area contributed by atoms with Crippen LogP contribution in [-0.2, 0) is 6.18 Å². The van der Waals surface area contributed by atoms with Crippen molar-refractivity contribution in [2.24, 2.45) is 0 Å². The number of allylic oxidation sites excluding steroid dienone is 5. The van der Waals surface area contributed by atoms with Gasteiger partial charge in [0.25, 0.3) is 5.56 Å². The van der Waals surface area contributed by atoms with Gasteiger partial charge < -0.3 is 0 Å². The number of hydrogen-bond donors (Lipinski definition) is 0. The molecule has 0 radical (unpaired) electrons. The lowest BCUT2D eigenvalue weighted by Crippen LogP contribution is -2.19. The predicted molar refractivity (Wildman–Crippen MR) is 94.8 cm³/mol. The molecule has 1 heterocycles. The monoisotopic (exact) mass is 363 g/mol. The summed E-state index contributed by atoms with van der Waals surface area (Å²) in [4.78, 5) is 12.3. The molecule has 0 spiro atoms. The standard InChI is InChI=1S/C20H17F4NO/c1-4-16(21)9-8-13(2)18-12-25(19(26)10-14(18)3)17-7-5-6-15(11-17)20(22,23)24/h4-12H,1H2,2-3H3/b13-8+,16-9+. The van der Waals surface area contributed by atoms with Crippen molar-refractivity contribution in [2.75, 3.05) is 0 Å². The Bertz CT molecular complexity index is 949. The minimum atomic E-state index is -4.50. The van der Waals surface area contributed by atoms with E-state index in [9.17, 15) is 22.4 Å². The van der Waals surface area contributed by atoms with E-state index in [1.54, 1.807) is 13.8 Å². The Balaban J connectivity index is 2.59. The molecule has 2 nitrogen and oxygen atoms in total. The van der Waals surface area contributed by atoms with E-state index in [1.807, 2.05) is 0 Å². The molecule has 0 aliphatic carbocycles. The van der Waals surface area contributed by atoms with E-state index in [-0.39, 0.29) is 5.69 Å². The number of aromatic nitrogens is 1. The summed E-state index contributed by atoms with van der Waals surface area (Å²) >= 11 is 0. The Labute approximate surface area is 148 Å². The van der Waals surface area contributed by atoms with Crippen LogP contribution >= 0.6 is 0 Å². The van der Waals surface area contributed by atoms with E-state index >= 15 is 0 Å². The third-order valence-electron chi connectivity index (χ3n) is 3.82. The van der Waals surface area contributed by atoms with Crippen LogP contribution in [0.1, 0.15) is 23.6 Å². The average molecular weight is 363 g/mol. The molecule has 0 aliphatic rings. The Kier molecular flexibility index (Phi) is 5.65. The first-order chi connectivity index (χ1) is 12.1. The molecule has 6 heteroatoms. The third-order valence-corrected chi connectivity index (χ3v) is 3.82. The molecule has 0 bridgehead atoms. The molecule has 1 aromatic carbocycles. The van der Waals surface area contributed by atoms with Crippen LogP contribution in [-0.4, -0.2) is 4.57 Å². The fraction of sp³-hybridized carbons (Fsp3) is 0.150. The molecule has 0 N–H and O–H groups in total. The Hall–Kier alpha value is -2.89. The molecule has 136 valence electrons. The second-order valence-electron chi connectivity index (χ2n) is 5.73. The summed E-state index contributed by atoms with van der Waals surface area (Å²) in [6, 6.07) is 5.86. The first-order valence-corrected chi connectivity index (χ1v) is 7.71. The third kappa shape index (κ3) is 4.39. The van der Waals surface area contributed by atoms with Crippen molar-refractivity contribution in [3.63, 3.8) is 0 Å². The highest BCUT2D eigenvalue weighted by Gasteiger charge is 2.30. The first kappa shape index (κ1) is 19.4. The van der Waals surface area contributed by atoms with Gasteiger partial charge in [0.2, 0.25) is 0 Å². The molecule has 0 aliphatic heterocycles. The lowest BCUT2D eigenvalue weighted by Gasteiger charge is -2.13. The smallest absolute Gasteiger partial charge is 0.284 e. The van der Waals surface area contributed by atoms with Crippen molar-refractivity contribution in [3.8, 4) is 5.69 Å². The van der Waals surface area contributed by atoms with Gasteiger partial charge in [0, 0.05) is 18.0 Å². The molecule has 0 fully saturated rings. The number of pyridine rings is 1. The van der Waals surface area contributed by atoms with Crippen LogP contribution in [0.15, 0.2) is 72.0 Å². The molecule has 0 amide bonds. The first-order valence-electron chi connectivity index (χ1n) is 7.71. The van der Waals surface area contributed by atoms with Crippen molar-refractivity contribution in [3.05, 3.63) is 94.2 Å². The van der Waals surface area contributed by atoms with E-state index < -0.39 is 23.1 Å². The fourth-order valence-electron chi connectivity index (χ4n) is 2.44. The Morgan fingerprint density at radius 3 is 2.50 bits per heavy atom. The Morgan fingerprint density at radius 2 is 1.88 bits per heavy atom. The summed E-state index contributed by atoms with van der Waals surface area (Å²) in [5, 5.41) is 0. The number of rotatable bonds is 4. The zero-order chi connectivity index (χ0) is 19.5. The molecule has 2 aromatic rings. The van der Waals surface area contributed by atoms with Crippen LogP contribution in [0.4, 0.5) is 17.6 Å². The van der Waals surface area contributed by atoms with Gasteiger partial charge in [-0.2, -0.15) is 13.2 Å². The number of nitrogens with zero attached hydrogens (tertiary/aromatic N) is 1. The van der Waals surface area contributed by atoms with Gasteiger partial charge in [-0.1, -0.05) is 18.7 Å². The molecule has 0 saturated carbocycles. The van der Waals surface area contributed by atoms with E-state index in [0.29, 0.717) is 16.7 Å². The van der Waals surface area contributed by atoms with Crippen molar-refractivity contribution >= 4 is 5.57 Å². The summed E-state index contributed by atoms with van der Waals surface area (Å²) in [7, 11) is 0. The van der Waals surface area contributed by atoms with Gasteiger partial charge >= 0.3 is 6.18 Å². The SMILES string of the molecule is C=C/C(F)=C\C=C(/C)c1cn(-c2cccc(C(F)(F)F)c2)c(=O)cc1C. The largest absolute Gasteiger partial charge is 0.416 e. The highest BCUT2D eigenvalue weighted by atomic mass is 19.4. The summed E-state index contributed by atoms with van der Waals surface area (Å²) in [5.41, 5.74) is 0.722. The van der Waals surface area contributed by atoms with Crippen LogP contribution in [0.25, 0.3) is 11.3 Å². The maximum Gasteiger partial charge on any atom is 0.416 e. The van der Waals surface area contributed by atoms with Gasteiger partial charge in [0.05, 0.1) is 5.56 Å². The van der Waals surface area contributed by atoms with Crippen molar-refractivity contribution in [1.82, 2.24) is 4.57 Å². The predicted octanol–water partition coefficient (Wildman–Crippen LogP) is 5.61. The second kappa shape index (κ2) is 7.56. The topological polar surface area (TPSA) is 22.0 Å². The highest BCUT2D eigenvalue weighted by molar-refractivity contribution is 5.67. The maximum absolute atomic E-state index is 13.2. The molecule has 0 saturated heterocycles. The zero-order valence-electron chi connectivity index (χ0n) is 14.3. The summed E-state index contributed by atoms with van der Waals surface area (Å²) in [6.45, 7) is 6.74. The lowest BCUT2D eigenvalue weighted by molar-refractivity contribution is -0.137. The van der Waals surface area contributed by atoms with Crippen molar-refractivity contribution in [2.45, 2.75) is 20.0 Å². The van der Waals surface area contributed by atoms with Crippen molar-refractivity contribution in [1.29, 1.82) is 0 Å². The van der Waals surface area contributed by atoms with E-state index in [0.717, 1.165) is 22.8 Å². The molecule has 0 atom stereocenters. The molecule has 0 unspecified atom stereocenters. The molecular weight excluding hydrogens is 346 g/mol. The minimum Gasteiger partial charge on any atom is -0.284 e. The maximum atomic E-state index is 13.2. The number of halogens is 4. The summed E-state index contributed by atoms with van der Waals surface area (Å²) in [5.74, 6) is -0.520. The zero-order valence-corrected chi connectivity index (χ0v) is 14.3. The van der Waals surface area contributed by atoms with Crippen LogP contribution in [0.3, 0.4) is 0 Å². The quantitative estimate of drug-likeness (QED) is 0.511. The van der Waals surface area contributed by atoms with Crippen LogP contribution in [0.5, 0.6) is 0 Å². The van der Waals surface area contributed by atoms with Gasteiger partial charge in [-0.05, 0) is 60.9 Å². The average Bonchev–Trinajstić information content (AvgIpc) is 2.58. The van der Waals surface area contributed by atoms with Crippen LogP contribution in [0.2, 0.25) is 0 Å². The lowest BCUT2D eigenvalue weighted by atomic mass is 10.0. The molecule has 26 heavy (non-hydrogen) atoms. The van der Waals surface area contributed by atoms with E-state index in [2.05, 4.69) is 6.58 Å². The summed E-state index contributed by atoms with van der Waals surface area (Å²) in [6.07, 6.45) is 0.747.